The lowest BCUT2D eigenvalue weighted by Gasteiger charge is -2.44. The van der Waals surface area contributed by atoms with Gasteiger partial charge in [0.05, 0.1) is 17.7 Å². The predicted molar refractivity (Wildman–Crippen MR) is 115 cm³/mol. The van der Waals surface area contributed by atoms with Gasteiger partial charge in [0, 0.05) is 0 Å². The number of methoxy groups -OCH3 is 1. The molecule has 5 nitrogen and oxygen atoms in total. The van der Waals surface area contributed by atoms with Crippen LogP contribution in [0.2, 0.25) is 0 Å². The lowest BCUT2D eigenvalue weighted by molar-refractivity contribution is 0.0296. The number of benzene rings is 3. The average Bonchev–Trinajstić information content (AvgIpc) is 3.02. The molecule has 30 heavy (non-hydrogen) atoms. The summed E-state index contributed by atoms with van der Waals surface area (Å²) in [7, 11) is -2.03. The number of hydrogen-bond acceptors (Lipinski definition) is 5. The molecule has 5 rings (SSSR count). The van der Waals surface area contributed by atoms with Crippen LogP contribution in [0.1, 0.15) is 24.4 Å². The zero-order valence-corrected chi connectivity index (χ0v) is 17.5. The van der Waals surface area contributed by atoms with Gasteiger partial charge in [-0.2, -0.15) is 0 Å². The van der Waals surface area contributed by atoms with E-state index in [-0.39, 0.29) is 0 Å². The zero-order valence-electron chi connectivity index (χ0n) is 16.6. The van der Waals surface area contributed by atoms with Crippen LogP contribution in [0.4, 0.5) is 5.69 Å². The first-order valence-electron chi connectivity index (χ1n) is 10.0. The second-order valence-corrected chi connectivity index (χ2v) is 9.98. The maximum Gasteiger partial charge on any atom is 0.189 e. The van der Waals surface area contributed by atoms with Crippen molar-refractivity contribution in [1.29, 1.82) is 0 Å². The van der Waals surface area contributed by atoms with E-state index < -0.39 is 26.7 Å². The summed E-state index contributed by atoms with van der Waals surface area (Å²) < 4.78 is 32.2. The van der Waals surface area contributed by atoms with E-state index in [4.69, 9.17) is 9.57 Å². The van der Waals surface area contributed by atoms with Crippen LogP contribution in [0, 0.1) is 0 Å². The van der Waals surface area contributed by atoms with Gasteiger partial charge >= 0.3 is 0 Å². The molecule has 3 atom stereocenters. The summed E-state index contributed by atoms with van der Waals surface area (Å²) in [5.74, 6) is 0.731. The van der Waals surface area contributed by atoms with E-state index in [9.17, 15) is 8.42 Å². The first kappa shape index (κ1) is 19.2. The molecule has 1 heterocycles. The van der Waals surface area contributed by atoms with E-state index in [1.807, 2.05) is 60.7 Å². The Bertz CT molecular complexity index is 1130. The molecule has 1 saturated carbocycles. The number of fused-ring (bicyclic) bond motifs is 1. The van der Waals surface area contributed by atoms with Crippen molar-refractivity contribution in [3.63, 3.8) is 0 Å². The van der Waals surface area contributed by atoms with Crippen molar-refractivity contribution in [2.45, 2.75) is 34.6 Å². The van der Waals surface area contributed by atoms with Crippen LogP contribution < -0.4 is 9.80 Å². The van der Waals surface area contributed by atoms with Crippen molar-refractivity contribution in [2.24, 2.45) is 0 Å². The highest BCUT2D eigenvalue weighted by Crippen LogP contribution is 2.60. The Morgan fingerprint density at radius 1 is 0.933 bits per heavy atom. The first-order valence-corrected chi connectivity index (χ1v) is 11.5. The number of para-hydroxylation sites is 1. The number of hydrogen-bond donors (Lipinski definition) is 0. The van der Waals surface area contributed by atoms with Gasteiger partial charge in [0.2, 0.25) is 0 Å². The summed E-state index contributed by atoms with van der Waals surface area (Å²) in [5, 5.41) is 1.79. The first-order chi connectivity index (χ1) is 14.6. The molecule has 0 aromatic heterocycles. The van der Waals surface area contributed by atoms with Gasteiger partial charge in [-0.15, -0.1) is 0 Å². The number of nitrogens with zero attached hydrogens (tertiary/aromatic N) is 1. The van der Waals surface area contributed by atoms with Crippen LogP contribution in [-0.4, -0.2) is 26.4 Å². The van der Waals surface area contributed by atoms with E-state index in [0.717, 1.165) is 17.0 Å². The number of anilines is 1. The molecule has 0 bridgehead atoms. The van der Waals surface area contributed by atoms with Gasteiger partial charge < -0.3 is 4.74 Å². The molecular formula is C24H23NO4S. The largest absolute Gasteiger partial charge is 0.497 e. The Hall–Kier alpha value is -2.83. The molecule has 0 unspecified atom stereocenters. The molecule has 0 spiro atoms. The van der Waals surface area contributed by atoms with Gasteiger partial charge in [0.1, 0.15) is 22.6 Å². The van der Waals surface area contributed by atoms with Crippen LogP contribution in [0.5, 0.6) is 5.75 Å². The molecular weight excluding hydrogens is 398 g/mol. The number of sulfone groups is 1. The zero-order chi connectivity index (χ0) is 20.8. The fraction of sp³-hybridized carbons (Fsp3) is 0.250. The lowest BCUT2D eigenvalue weighted by Crippen LogP contribution is -2.57. The normalized spacial score (nSPS) is 25.4. The minimum Gasteiger partial charge on any atom is -0.497 e. The van der Waals surface area contributed by atoms with Gasteiger partial charge in [0.25, 0.3) is 0 Å². The van der Waals surface area contributed by atoms with Gasteiger partial charge in [-0.25, -0.2) is 13.5 Å². The monoisotopic (exact) mass is 421 g/mol. The maximum absolute atomic E-state index is 14.0. The van der Waals surface area contributed by atoms with Crippen molar-refractivity contribution in [1.82, 2.24) is 0 Å². The third-order valence-electron chi connectivity index (χ3n) is 6.28. The van der Waals surface area contributed by atoms with E-state index in [2.05, 4.69) is 0 Å². The van der Waals surface area contributed by atoms with Gasteiger partial charge in [0.15, 0.2) is 9.84 Å². The Labute approximate surface area is 176 Å². The molecule has 6 heteroatoms. The highest BCUT2D eigenvalue weighted by molar-refractivity contribution is 7.93. The standard InChI is InChI=1S/C24H23NO4S/c1-28-20-14-12-18(13-15-20)23-24(30(26,27)21-10-6-3-7-11-21)17-16-22(24)29-25(23)19-8-4-2-5-9-19/h2-15,22-23H,16-17H2,1H3/t22-,23+,24-/m0/s1. The van der Waals surface area contributed by atoms with E-state index in [1.54, 1.807) is 36.4 Å². The molecule has 3 aromatic carbocycles. The van der Waals surface area contributed by atoms with Crippen LogP contribution in [0.3, 0.4) is 0 Å². The third kappa shape index (κ3) is 2.67. The Morgan fingerprint density at radius 2 is 1.57 bits per heavy atom. The topological polar surface area (TPSA) is 55.8 Å². The number of hydroxylamine groups is 1. The summed E-state index contributed by atoms with van der Waals surface area (Å²) in [6.07, 6.45) is 0.867. The Kier molecular flexibility index (Phi) is 4.56. The van der Waals surface area contributed by atoms with Gasteiger partial charge in [-0.3, -0.25) is 4.84 Å². The van der Waals surface area contributed by atoms with Crippen molar-refractivity contribution in [3.05, 3.63) is 90.5 Å². The third-order valence-corrected chi connectivity index (χ3v) is 8.86. The van der Waals surface area contributed by atoms with Crippen molar-refractivity contribution in [2.75, 3.05) is 12.2 Å². The molecule has 1 saturated heterocycles. The smallest absolute Gasteiger partial charge is 0.189 e. The van der Waals surface area contributed by atoms with E-state index >= 15 is 0 Å². The van der Waals surface area contributed by atoms with E-state index in [1.165, 1.54) is 0 Å². The molecule has 1 aliphatic carbocycles. The predicted octanol–water partition coefficient (Wildman–Crippen LogP) is 4.56. The molecule has 0 amide bonds. The van der Waals surface area contributed by atoms with Crippen molar-refractivity contribution < 1.29 is 18.0 Å². The van der Waals surface area contributed by atoms with Gasteiger partial charge in [-0.1, -0.05) is 48.5 Å². The fourth-order valence-corrected chi connectivity index (χ4v) is 7.03. The Balaban J connectivity index is 1.69. The number of rotatable bonds is 5. The Morgan fingerprint density at radius 3 is 2.13 bits per heavy atom. The molecule has 2 fully saturated rings. The van der Waals surface area contributed by atoms with Crippen LogP contribution in [-0.2, 0) is 14.7 Å². The molecule has 2 aliphatic rings. The average molecular weight is 422 g/mol. The summed E-state index contributed by atoms with van der Waals surface area (Å²) in [6.45, 7) is 0. The van der Waals surface area contributed by atoms with E-state index in [0.29, 0.717) is 17.7 Å². The maximum atomic E-state index is 14.0. The van der Waals surface area contributed by atoms with Crippen LogP contribution in [0.25, 0.3) is 0 Å². The molecule has 1 aliphatic heterocycles. The minimum atomic E-state index is -3.65. The fourth-order valence-electron chi connectivity index (χ4n) is 4.66. The van der Waals surface area contributed by atoms with Crippen molar-refractivity contribution in [3.8, 4) is 5.75 Å². The number of ether oxygens (including phenoxy) is 1. The second-order valence-electron chi connectivity index (χ2n) is 7.74. The molecule has 0 radical (unpaired) electrons. The summed E-state index contributed by atoms with van der Waals surface area (Å²) in [6, 6.07) is 25.6. The van der Waals surface area contributed by atoms with Crippen LogP contribution in [0.15, 0.2) is 89.8 Å². The van der Waals surface area contributed by atoms with Gasteiger partial charge in [-0.05, 0) is 54.8 Å². The molecule has 3 aromatic rings. The summed E-state index contributed by atoms with van der Waals surface area (Å²) >= 11 is 0. The SMILES string of the molecule is COc1ccc([C@H]2N(c3ccccc3)O[C@H]3CC[C@]32S(=O)(=O)c2ccccc2)cc1. The summed E-state index contributed by atoms with van der Waals surface area (Å²) in [4.78, 5) is 6.64. The molecule has 0 N–H and O–H groups in total. The highest BCUT2D eigenvalue weighted by atomic mass is 32.2. The van der Waals surface area contributed by atoms with Crippen molar-refractivity contribution >= 4 is 15.5 Å². The minimum absolute atomic E-state index is 0.340. The van der Waals surface area contributed by atoms with Crippen LogP contribution >= 0.6 is 0 Å². The molecule has 154 valence electrons. The quantitative estimate of drug-likeness (QED) is 0.604. The second kappa shape index (κ2) is 7.15. The lowest BCUT2D eigenvalue weighted by atomic mass is 9.74. The highest BCUT2D eigenvalue weighted by Gasteiger charge is 2.69. The summed E-state index contributed by atoms with van der Waals surface area (Å²) in [5.41, 5.74) is 1.73.